The van der Waals surface area contributed by atoms with Gasteiger partial charge in [0.25, 0.3) is 0 Å². The molecule has 98 valence electrons. The van der Waals surface area contributed by atoms with Crippen molar-refractivity contribution in [2.45, 2.75) is 19.8 Å². The van der Waals surface area contributed by atoms with E-state index in [2.05, 4.69) is 17.2 Å². The summed E-state index contributed by atoms with van der Waals surface area (Å²) >= 11 is 0. The SMILES string of the molecule is CC(CC(=O)N1CCNCC1)Cc1ccccn1. The van der Waals surface area contributed by atoms with Crippen LogP contribution in [-0.2, 0) is 11.2 Å². The predicted octanol–water partition coefficient (Wildman–Crippen LogP) is 1.08. The molecule has 1 aromatic rings. The van der Waals surface area contributed by atoms with E-state index in [0.29, 0.717) is 12.3 Å². The summed E-state index contributed by atoms with van der Waals surface area (Å²) in [6.07, 6.45) is 3.30. The average molecular weight is 247 g/mol. The van der Waals surface area contributed by atoms with Crippen LogP contribution in [0.4, 0.5) is 0 Å². The third-order valence-corrected chi connectivity index (χ3v) is 3.28. The maximum Gasteiger partial charge on any atom is 0.222 e. The molecule has 1 amide bonds. The van der Waals surface area contributed by atoms with Gasteiger partial charge in [-0.3, -0.25) is 9.78 Å². The number of rotatable bonds is 4. The first-order chi connectivity index (χ1) is 8.75. The molecule has 0 saturated carbocycles. The number of nitrogens with one attached hydrogen (secondary N) is 1. The lowest BCUT2D eigenvalue weighted by molar-refractivity contribution is -0.132. The highest BCUT2D eigenvalue weighted by atomic mass is 16.2. The van der Waals surface area contributed by atoms with Crippen molar-refractivity contribution in [2.24, 2.45) is 5.92 Å². The Labute approximate surface area is 108 Å². The van der Waals surface area contributed by atoms with Crippen LogP contribution in [0.2, 0.25) is 0 Å². The molecule has 1 unspecified atom stereocenters. The normalized spacial score (nSPS) is 17.5. The fourth-order valence-corrected chi connectivity index (χ4v) is 2.29. The molecule has 18 heavy (non-hydrogen) atoms. The van der Waals surface area contributed by atoms with Crippen LogP contribution in [0.5, 0.6) is 0 Å². The second-order valence-electron chi connectivity index (χ2n) is 4.97. The van der Waals surface area contributed by atoms with Crippen molar-refractivity contribution in [3.8, 4) is 0 Å². The van der Waals surface area contributed by atoms with Gasteiger partial charge in [-0.2, -0.15) is 0 Å². The molecule has 1 aromatic heterocycles. The van der Waals surface area contributed by atoms with E-state index in [0.717, 1.165) is 38.3 Å². The molecule has 0 radical (unpaired) electrons. The molecule has 2 heterocycles. The number of hydrogen-bond donors (Lipinski definition) is 1. The second-order valence-corrected chi connectivity index (χ2v) is 4.97. The Morgan fingerprint density at radius 2 is 2.22 bits per heavy atom. The topological polar surface area (TPSA) is 45.2 Å². The van der Waals surface area contributed by atoms with Crippen LogP contribution in [-0.4, -0.2) is 42.0 Å². The molecule has 1 saturated heterocycles. The van der Waals surface area contributed by atoms with Crippen LogP contribution in [0.25, 0.3) is 0 Å². The van der Waals surface area contributed by atoms with Gasteiger partial charge in [-0.1, -0.05) is 13.0 Å². The molecule has 1 aliphatic heterocycles. The van der Waals surface area contributed by atoms with Gasteiger partial charge < -0.3 is 10.2 Å². The Balaban J connectivity index is 1.79. The van der Waals surface area contributed by atoms with Gasteiger partial charge in [-0.25, -0.2) is 0 Å². The second kappa shape index (κ2) is 6.50. The van der Waals surface area contributed by atoms with Gasteiger partial charge in [0.1, 0.15) is 0 Å². The fourth-order valence-electron chi connectivity index (χ4n) is 2.29. The predicted molar refractivity (Wildman–Crippen MR) is 71.2 cm³/mol. The smallest absolute Gasteiger partial charge is 0.222 e. The van der Waals surface area contributed by atoms with Crippen LogP contribution in [0.3, 0.4) is 0 Å². The summed E-state index contributed by atoms with van der Waals surface area (Å²) in [7, 11) is 0. The zero-order chi connectivity index (χ0) is 12.8. The Morgan fingerprint density at radius 1 is 1.44 bits per heavy atom. The maximum atomic E-state index is 12.1. The van der Waals surface area contributed by atoms with Crippen LogP contribution in [0.1, 0.15) is 19.0 Å². The van der Waals surface area contributed by atoms with Crippen LogP contribution < -0.4 is 5.32 Å². The molecule has 2 rings (SSSR count). The minimum atomic E-state index is 0.278. The lowest BCUT2D eigenvalue weighted by Crippen LogP contribution is -2.46. The van der Waals surface area contributed by atoms with Crippen molar-refractivity contribution < 1.29 is 4.79 Å². The molecule has 4 heteroatoms. The van der Waals surface area contributed by atoms with Gasteiger partial charge in [-0.05, 0) is 24.5 Å². The molecule has 0 bridgehead atoms. The quantitative estimate of drug-likeness (QED) is 0.866. The van der Waals surface area contributed by atoms with Crippen molar-refractivity contribution in [3.63, 3.8) is 0 Å². The molecular weight excluding hydrogens is 226 g/mol. The number of hydrogen-bond acceptors (Lipinski definition) is 3. The number of nitrogens with zero attached hydrogens (tertiary/aromatic N) is 2. The maximum absolute atomic E-state index is 12.1. The van der Waals surface area contributed by atoms with E-state index in [1.54, 1.807) is 6.20 Å². The summed E-state index contributed by atoms with van der Waals surface area (Å²) in [5.41, 5.74) is 1.07. The van der Waals surface area contributed by atoms with Gasteiger partial charge in [0.15, 0.2) is 0 Å². The summed E-state index contributed by atoms with van der Waals surface area (Å²) in [5.74, 6) is 0.627. The van der Waals surface area contributed by atoms with Gasteiger partial charge >= 0.3 is 0 Å². The van der Waals surface area contributed by atoms with E-state index in [1.807, 2.05) is 23.1 Å². The Kier molecular flexibility index (Phi) is 4.70. The summed E-state index contributed by atoms with van der Waals surface area (Å²) in [6.45, 7) is 5.64. The summed E-state index contributed by atoms with van der Waals surface area (Å²) in [5, 5.41) is 3.26. The largest absolute Gasteiger partial charge is 0.340 e. The van der Waals surface area contributed by atoms with Crippen molar-refractivity contribution in [1.82, 2.24) is 15.2 Å². The lowest BCUT2D eigenvalue weighted by Gasteiger charge is -2.28. The minimum absolute atomic E-state index is 0.278. The number of carbonyl (C=O) groups excluding carboxylic acids is 1. The highest BCUT2D eigenvalue weighted by Crippen LogP contribution is 2.12. The monoisotopic (exact) mass is 247 g/mol. The highest BCUT2D eigenvalue weighted by Gasteiger charge is 2.18. The van der Waals surface area contributed by atoms with Gasteiger partial charge in [0.2, 0.25) is 5.91 Å². The molecule has 1 atom stereocenters. The van der Waals surface area contributed by atoms with Crippen LogP contribution >= 0.6 is 0 Å². The van der Waals surface area contributed by atoms with Crippen LogP contribution in [0, 0.1) is 5.92 Å². The molecule has 1 fully saturated rings. The summed E-state index contributed by atoms with van der Waals surface area (Å²) in [4.78, 5) is 18.3. The molecule has 0 aromatic carbocycles. The Hall–Kier alpha value is -1.42. The minimum Gasteiger partial charge on any atom is -0.340 e. The first-order valence-corrected chi connectivity index (χ1v) is 6.64. The molecule has 4 nitrogen and oxygen atoms in total. The first kappa shape index (κ1) is 13.0. The van der Waals surface area contributed by atoms with Crippen LogP contribution in [0.15, 0.2) is 24.4 Å². The third kappa shape index (κ3) is 3.81. The number of amides is 1. The molecule has 0 spiro atoms. The Morgan fingerprint density at radius 3 is 2.89 bits per heavy atom. The average Bonchev–Trinajstić information content (AvgIpc) is 2.40. The summed E-state index contributed by atoms with van der Waals surface area (Å²) < 4.78 is 0. The van der Waals surface area contributed by atoms with E-state index in [-0.39, 0.29) is 5.91 Å². The number of piperazine rings is 1. The lowest BCUT2D eigenvalue weighted by atomic mass is 10.0. The van der Waals surface area contributed by atoms with E-state index in [9.17, 15) is 4.79 Å². The number of carbonyl (C=O) groups is 1. The zero-order valence-corrected chi connectivity index (χ0v) is 10.9. The van der Waals surface area contributed by atoms with Gasteiger partial charge in [0.05, 0.1) is 0 Å². The van der Waals surface area contributed by atoms with Crippen molar-refractivity contribution in [3.05, 3.63) is 30.1 Å². The van der Waals surface area contributed by atoms with Gasteiger partial charge in [-0.15, -0.1) is 0 Å². The number of pyridine rings is 1. The number of aromatic nitrogens is 1. The summed E-state index contributed by atoms with van der Waals surface area (Å²) in [6, 6.07) is 5.93. The van der Waals surface area contributed by atoms with Crippen molar-refractivity contribution in [2.75, 3.05) is 26.2 Å². The van der Waals surface area contributed by atoms with E-state index in [1.165, 1.54) is 0 Å². The first-order valence-electron chi connectivity index (χ1n) is 6.64. The van der Waals surface area contributed by atoms with E-state index < -0.39 is 0 Å². The van der Waals surface area contributed by atoms with E-state index in [4.69, 9.17) is 0 Å². The van der Waals surface area contributed by atoms with Crippen molar-refractivity contribution in [1.29, 1.82) is 0 Å². The van der Waals surface area contributed by atoms with Crippen molar-refractivity contribution >= 4 is 5.91 Å². The molecule has 1 N–H and O–H groups in total. The Bertz CT molecular complexity index is 374. The van der Waals surface area contributed by atoms with E-state index >= 15 is 0 Å². The molecular formula is C14H21N3O. The fraction of sp³-hybridized carbons (Fsp3) is 0.571. The molecule has 0 aliphatic carbocycles. The highest BCUT2D eigenvalue weighted by molar-refractivity contribution is 5.76. The standard InChI is InChI=1S/C14H21N3O/c1-12(10-13-4-2-3-5-16-13)11-14(18)17-8-6-15-7-9-17/h2-5,12,15H,6-11H2,1H3. The molecule has 1 aliphatic rings. The zero-order valence-electron chi connectivity index (χ0n) is 10.9. The third-order valence-electron chi connectivity index (χ3n) is 3.28. The van der Waals surface area contributed by atoms with Gasteiger partial charge in [0, 0.05) is 44.5 Å².